The molecule has 5 nitrogen and oxygen atoms in total. The number of H-pyrrole nitrogens is 1. The van der Waals surface area contributed by atoms with E-state index in [0.29, 0.717) is 29.2 Å². The maximum atomic E-state index is 13.9. The van der Waals surface area contributed by atoms with Crippen LogP contribution in [0.4, 0.5) is 4.39 Å². The summed E-state index contributed by atoms with van der Waals surface area (Å²) in [7, 11) is 0. The van der Waals surface area contributed by atoms with Crippen molar-refractivity contribution in [1.29, 1.82) is 0 Å². The van der Waals surface area contributed by atoms with Gasteiger partial charge in [-0.15, -0.1) is 0 Å². The molecule has 0 radical (unpaired) electrons. The first-order valence-electron chi connectivity index (χ1n) is 7.31. The number of aromatic amines is 1. The van der Waals surface area contributed by atoms with Gasteiger partial charge in [-0.2, -0.15) is 0 Å². The second kappa shape index (κ2) is 5.31. The molecule has 1 aromatic carbocycles. The number of hydrogen-bond acceptors (Lipinski definition) is 3. The standard InChI is InChI=1S/C17H13FN4O/c18-12-4-2-1-3-10(12)16-19-7-6-14(22-16)15-9-11-13(21-15)5-8-20-17(11)23/h1-4,6-7,9,21H,5,8H2,(H,20,23). The van der Waals surface area contributed by atoms with E-state index in [-0.39, 0.29) is 11.7 Å². The van der Waals surface area contributed by atoms with Gasteiger partial charge in [0.15, 0.2) is 5.82 Å². The molecular formula is C17H13FN4O. The highest BCUT2D eigenvalue weighted by atomic mass is 19.1. The van der Waals surface area contributed by atoms with Crippen molar-refractivity contribution in [3.8, 4) is 22.8 Å². The SMILES string of the molecule is O=C1NCCc2[nH]c(-c3ccnc(-c4ccccc4F)n3)cc21. The lowest BCUT2D eigenvalue weighted by Crippen LogP contribution is -2.31. The van der Waals surface area contributed by atoms with Crippen LogP contribution in [0.3, 0.4) is 0 Å². The second-order valence-corrected chi connectivity index (χ2v) is 5.33. The van der Waals surface area contributed by atoms with E-state index in [4.69, 9.17) is 0 Å². The first kappa shape index (κ1) is 13.6. The molecule has 2 aromatic heterocycles. The van der Waals surface area contributed by atoms with Crippen LogP contribution in [0.25, 0.3) is 22.8 Å². The van der Waals surface area contributed by atoms with E-state index in [1.165, 1.54) is 6.07 Å². The van der Waals surface area contributed by atoms with Crippen molar-refractivity contribution < 1.29 is 9.18 Å². The van der Waals surface area contributed by atoms with E-state index < -0.39 is 0 Å². The third-order valence-electron chi connectivity index (χ3n) is 3.85. The Labute approximate surface area is 131 Å². The fraction of sp³-hybridized carbons (Fsp3) is 0.118. The summed E-state index contributed by atoms with van der Waals surface area (Å²) in [5.74, 6) is -0.135. The van der Waals surface area contributed by atoms with Crippen LogP contribution in [0.15, 0.2) is 42.6 Å². The second-order valence-electron chi connectivity index (χ2n) is 5.33. The van der Waals surface area contributed by atoms with Crippen molar-refractivity contribution >= 4 is 5.91 Å². The number of aromatic nitrogens is 3. The van der Waals surface area contributed by atoms with Crippen molar-refractivity contribution in [2.75, 3.05) is 6.54 Å². The molecule has 1 amide bonds. The molecule has 4 rings (SSSR count). The quantitative estimate of drug-likeness (QED) is 0.764. The number of carbonyl (C=O) groups excluding carboxylic acids is 1. The Bertz CT molecular complexity index is 903. The smallest absolute Gasteiger partial charge is 0.253 e. The number of rotatable bonds is 2. The Morgan fingerprint density at radius 2 is 2.00 bits per heavy atom. The largest absolute Gasteiger partial charge is 0.356 e. The first-order chi connectivity index (χ1) is 11.2. The number of fused-ring (bicyclic) bond motifs is 1. The van der Waals surface area contributed by atoms with E-state index in [1.54, 1.807) is 36.5 Å². The molecule has 0 spiro atoms. The number of carbonyl (C=O) groups is 1. The molecule has 23 heavy (non-hydrogen) atoms. The number of halogens is 1. The van der Waals surface area contributed by atoms with Gasteiger partial charge in [-0.05, 0) is 24.3 Å². The van der Waals surface area contributed by atoms with Gasteiger partial charge < -0.3 is 10.3 Å². The first-order valence-corrected chi connectivity index (χ1v) is 7.31. The molecule has 1 aliphatic heterocycles. The highest BCUT2D eigenvalue weighted by molar-refractivity contribution is 5.97. The number of benzene rings is 1. The molecule has 0 aliphatic carbocycles. The summed E-state index contributed by atoms with van der Waals surface area (Å²) in [4.78, 5) is 23.7. The third kappa shape index (κ3) is 2.38. The minimum Gasteiger partial charge on any atom is -0.356 e. The molecule has 0 fully saturated rings. The predicted octanol–water partition coefficient (Wildman–Crippen LogP) is 2.56. The van der Waals surface area contributed by atoms with Crippen molar-refractivity contribution in [2.45, 2.75) is 6.42 Å². The monoisotopic (exact) mass is 308 g/mol. The zero-order valence-electron chi connectivity index (χ0n) is 12.1. The van der Waals surface area contributed by atoms with Crippen LogP contribution < -0.4 is 5.32 Å². The van der Waals surface area contributed by atoms with Gasteiger partial charge in [0.25, 0.3) is 5.91 Å². The van der Waals surface area contributed by atoms with Gasteiger partial charge in [-0.1, -0.05) is 12.1 Å². The van der Waals surface area contributed by atoms with E-state index in [0.717, 1.165) is 17.8 Å². The maximum Gasteiger partial charge on any atom is 0.253 e. The summed E-state index contributed by atoms with van der Waals surface area (Å²) in [6, 6.07) is 9.90. The minimum atomic E-state index is -0.366. The van der Waals surface area contributed by atoms with Gasteiger partial charge in [0, 0.05) is 24.9 Å². The van der Waals surface area contributed by atoms with Gasteiger partial charge in [0.2, 0.25) is 0 Å². The zero-order chi connectivity index (χ0) is 15.8. The van der Waals surface area contributed by atoms with E-state index in [2.05, 4.69) is 20.3 Å². The van der Waals surface area contributed by atoms with E-state index in [1.807, 2.05) is 0 Å². The normalized spacial score (nSPS) is 13.5. The Hall–Kier alpha value is -3.02. The van der Waals surface area contributed by atoms with Crippen LogP contribution >= 0.6 is 0 Å². The topological polar surface area (TPSA) is 70.7 Å². The fourth-order valence-corrected chi connectivity index (χ4v) is 2.71. The molecule has 0 bridgehead atoms. The summed E-state index contributed by atoms with van der Waals surface area (Å²) < 4.78 is 13.9. The van der Waals surface area contributed by atoms with Crippen LogP contribution in [0, 0.1) is 5.82 Å². The lowest BCUT2D eigenvalue weighted by Gasteiger charge is -2.10. The molecule has 0 saturated carbocycles. The van der Waals surface area contributed by atoms with E-state index in [9.17, 15) is 9.18 Å². The van der Waals surface area contributed by atoms with E-state index >= 15 is 0 Å². The third-order valence-corrected chi connectivity index (χ3v) is 3.85. The molecule has 0 unspecified atom stereocenters. The molecule has 114 valence electrons. The van der Waals surface area contributed by atoms with Crippen LogP contribution in [0.1, 0.15) is 16.1 Å². The maximum absolute atomic E-state index is 13.9. The zero-order valence-corrected chi connectivity index (χ0v) is 12.1. The summed E-state index contributed by atoms with van der Waals surface area (Å²) in [5.41, 5.74) is 3.24. The molecular weight excluding hydrogens is 295 g/mol. The molecule has 2 N–H and O–H groups in total. The molecule has 6 heteroatoms. The van der Waals surface area contributed by atoms with Gasteiger partial charge in [-0.3, -0.25) is 4.79 Å². The minimum absolute atomic E-state index is 0.0860. The van der Waals surface area contributed by atoms with Gasteiger partial charge >= 0.3 is 0 Å². The van der Waals surface area contributed by atoms with Gasteiger partial charge in [0.1, 0.15) is 5.82 Å². The van der Waals surface area contributed by atoms with Crippen molar-refractivity contribution in [2.24, 2.45) is 0 Å². The number of nitrogens with zero attached hydrogens (tertiary/aromatic N) is 2. The molecule has 0 atom stereocenters. The Kier molecular flexibility index (Phi) is 3.15. The summed E-state index contributed by atoms with van der Waals surface area (Å²) >= 11 is 0. The van der Waals surface area contributed by atoms with Crippen molar-refractivity contribution in [3.05, 3.63) is 59.7 Å². The summed E-state index contributed by atoms with van der Waals surface area (Å²) in [5, 5.41) is 2.81. The predicted molar refractivity (Wildman–Crippen MR) is 83.2 cm³/mol. The number of nitrogens with one attached hydrogen (secondary N) is 2. The lowest BCUT2D eigenvalue weighted by molar-refractivity contribution is 0.0946. The summed E-state index contributed by atoms with van der Waals surface area (Å²) in [6.45, 7) is 0.621. The van der Waals surface area contributed by atoms with Crippen LogP contribution in [0.5, 0.6) is 0 Å². The van der Waals surface area contributed by atoms with Crippen LogP contribution in [-0.2, 0) is 6.42 Å². The fourth-order valence-electron chi connectivity index (χ4n) is 2.71. The molecule has 0 saturated heterocycles. The average molecular weight is 308 g/mol. The van der Waals surface area contributed by atoms with Crippen molar-refractivity contribution in [1.82, 2.24) is 20.3 Å². The van der Waals surface area contributed by atoms with Crippen molar-refractivity contribution in [3.63, 3.8) is 0 Å². The molecule has 1 aliphatic rings. The number of hydrogen-bond donors (Lipinski definition) is 2. The summed E-state index contributed by atoms with van der Waals surface area (Å²) in [6.07, 6.45) is 2.34. The lowest BCUT2D eigenvalue weighted by atomic mass is 10.1. The number of amides is 1. The van der Waals surface area contributed by atoms with Crippen LogP contribution in [0.2, 0.25) is 0 Å². The Balaban J connectivity index is 1.78. The Morgan fingerprint density at radius 3 is 2.83 bits per heavy atom. The molecule has 3 heterocycles. The highest BCUT2D eigenvalue weighted by Gasteiger charge is 2.20. The highest BCUT2D eigenvalue weighted by Crippen LogP contribution is 2.25. The Morgan fingerprint density at radius 1 is 1.13 bits per heavy atom. The van der Waals surface area contributed by atoms with Gasteiger partial charge in [-0.25, -0.2) is 14.4 Å². The molecule has 3 aromatic rings. The van der Waals surface area contributed by atoms with Gasteiger partial charge in [0.05, 0.1) is 22.5 Å². The average Bonchev–Trinajstić information content (AvgIpc) is 3.01. The van der Waals surface area contributed by atoms with Crippen LogP contribution in [-0.4, -0.2) is 27.4 Å².